The average molecular weight is 248 g/mol. The second kappa shape index (κ2) is 5.19. The number of benzene rings is 1. The molecule has 0 saturated heterocycles. The van der Waals surface area contributed by atoms with Crippen molar-refractivity contribution in [3.8, 4) is 5.75 Å². The van der Waals surface area contributed by atoms with Crippen LogP contribution in [0.15, 0.2) is 29.6 Å². The standard InChI is InChI=1S/C13H16N2OS/c1-3-10-6-4-5-7-12(10)16-9(2)11-8-17-13(14)15-11/h4-9H,3H2,1-2H3,(H2,14,15). The average Bonchev–Trinajstić information content (AvgIpc) is 2.77. The number of nitrogens with zero attached hydrogens (tertiary/aromatic N) is 1. The third-order valence-electron chi connectivity index (χ3n) is 2.61. The summed E-state index contributed by atoms with van der Waals surface area (Å²) in [6.45, 7) is 4.11. The first-order valence-electron chi connectivity index (χ1n) is 5.66. The van der Waals surface area contributed by atoms with Crippen LogP contribution >= 0.6 is 11.3 Å². The van der Waals surface area contributed by atoms with Gasteiger partial charge in [0.15, 0.2) is 5.13 Å². The van der Waals surface area contributed by atoms with Crippen LogP contribution in [0.25, 0.3) is 0 Å². The van der Waals surface area contributed by atoms with E-state index in [4.69, 9.17) is 10.5 Å². The lowest BCUT2D eigenvalue weighted by Crippen LogP contribution is -2.05. The Hall–Kier alpha value is -1.55. The highest BCUT2D eigenvalue weighted by atomic mass is 32.1. The van der Waals surface area contributed by atoms with Crippen LogP contribution in [-0.4, -0.2) is 4.98 Å². The van der Waals surface area contributed by atoms with E-state index < -0.39 is 0 Å². The van der Waals surface area contributed by atoms with Gasteiger partial charge in [-0.15, -0.1) is 11.3 Å². The predicted octanol–water partition coefficient (Wildman–Crippen LogP) is 3.43. The summed E-state index contributed by atoms with van der Waals surface area (Å²) in [5.41, 5.74) is 7.72. The first-order chi connectivity index (χ1) is 8.20. The number of para-hydroxylation sites is 1. The van der Waals surface area contributed by atoms with Crippen molar-refractivity contribution in [1.82, 2.24) is 4.98 Å². The number of hydrogen-bond donors (Lipinski definition) is 1. The molecule has 90 valence electrons. The summed E-state index contributed by atoms with van der Waals surface area (Å²) in [5, 5.41) is 2.52. The molecule has 1 atom stereocenters. The number of rotatable bonds is 4. The van der Waals surface area contributed by atoms with Crippen LogP contribution in [0.2, 0.25) is 0 Å². The lowest BCUT2D eigenvalue weighted by molar-refractivity contribution is 0.220. The van der Waals surface area contributed by atoms with E-state index >= 15 is 0 Å². The summed E-state index contributed by atoms with van der Waals surface area (Å²) >= 11 is 1.44. The molecule has 0 aliphatic rings. The molecular weight excluding hydrogens is 232 g/mol. The van der Waals surface area contributed by atoms with Crippen molar-refractivity contribution < 1.29 is 4.74 Å². The Balaban J connectivity index is 2.15. The molecule has 3 nitrogen and oxygen atoms in total. The van der Waals surface area contributed by atoms with Gasteiger partial charge in [-0.05, 0) is 25.0 Å². The van der Waals surface area contributed by atoms with E-state index in [1.54, 1.807) is 0 Å². The lowest BCUT2D eigenvalue weighted by atomic mass is 10.1. The minimum Gasteiger partial charge on any atom is -0.484 e. The SMILES string of the molecule is CCc1ccccc1OC(C)c1csc(N)n1. The summed E-state index contributed by atoms with van der Waals surface area (Å²) in [5.74, 6) is 0.925. The molecule has 1 aromatic heterocycles. The smallest absolute Gasteiger partial charge is 0.180 e. The molecule has 1 unspecified atom stereocenters. The summed E-state index contributed by atoms with van der Waals surface area (Å²) in [6.07, 6.45) is 0.887. The van der Waals surface area contributed by atoms with Crippen molar-refractivity contribution >= 4 is 16.5 Å². The van der Waals surface area contributed by atoms with E-state index in [2.05, 4.69) is 18.0 Å². The largest absolute Gasteiger partial charge is 0.484 e. The number of aromatic nitrogens is 1. The molecule has 1 aromatic carbocycles. The molecule has 0 bridgehead atoms. The Morgan fingerprint density at radius 1 is 1.41 bits per heavy atom. The van der Waals surface area contributed by atoms with Crippen molar-refractivity contribution in [2.75, 3.05) is 5.73 Å². The van der Waals surface area contributed by atoms with Crippen molar-refractivity contribution in [3.63, 3.8) is 0 Å². The minimum atomic E-state index is -0.0729. The van der Waals surface area contributed by atoms with E-state index in [9.17, 15) is 0 Å². The van der Waals surface area contributed by atoms with Crippen molar-refractivity contribution in [3.05, 3.63) is 40.9 Å². The zero-order valence-electron chi connectivity index (χ0n) is 10.0. The maximum atomic E-state index is 5.92. The molecule has 0 fully saturated rings. The number of anilines is 1. The number of aryl methyl sites for hydroxylation is 1. The maximum Gasteiger partial charge on any atom is 0.180 e. The fraction of sp³-hybridized carbons (Fsp3) is 0.308. The Bertz CT molecular complexity index is 496. The number of nitrogens with two attached hydrogens (primary N) is 1. The lowest BCUT2D eigenvalue weighted by Gasteiger charge is -2.15. The van der Waals surface area contributed by atoms with Crippen molar-refractivity contribution in [1.29, 1.82) is 0 Å². The van der Waals surface area contributed by atoms with Gasteiger partial charge in [-0.25, -0.2) is 4.98 Å². The van der Waals surface area contributed by atoms with Gasteiger partial charge in [0.25, 0.3) is 0 Å². The summed E-state index contributed by atoms with van der Waals surface area (Å²) in [6, 6.07) is 8.08. The van der Waals surface area contributed by atoms with Gasteiger partial charge in [0.1, 0.15) is 11.9 Å². The number of ether oxygens (including phenoxy) is 1. The van der Waals surface area contributed by atoms with E-state index in [1.165, 1.54) is 16.9 Å². The quantitative estimate of drug-likeness (QED) is 0.901. The summed E-state index contributed by atoms with van der Waals surface area (Å²) in [7, 11) is 0. The number of nitrogen functional groups attached to an aromatic ring is 1. The van der Waals surface area contributed by atoms with E-state index in [1.807, 2.05) is 30.5 Å². The van der Waals surface area contributed by atoms with Gasteiger partial charge >= 0.3 is 0 Å². The van der Waals surface area contributed by atoms with Crippen molar-refractivity contribution in [2.45, 2.75) is 26.4 Å². The van der Waals surface area contributed by atoms with Gasteiger partial charge in [0, 0.05) is 5.38 Å². The first-order valence-corrected chi connectivity index (χ1v) is 6.54. The normalized spacial score (nSPS) is 12.4. The molecule has 0 radical (unpaired) electrons. The fourth-order valence-electron chi connectivity index (χ4n) is 1.65. The molecule has 0 amide bonds. The molecule has 2 N–H and O–H groups in total. The van der Waals surface area contributed by atoms with Gasteiger partial charge in [-0.3, -0.25) is 0 Å². The van der Waals surface area contributed by atoms with Crippen molar-refractivity contribution in [2.24, 2.45) is 0 Å². The maximum absolute atomic E-state index is 5.92. The van der Waals surface area contributed by atoms with Gasteiger partial charge < -0.3 is 10.5 Å². The summed E-state index contributed by atoms with van der Waals surface area (Å²) in [4.78, 5) is 4.23. The van der Waals surface area contributed by atoms with Crippen LogP contribution in [0.4, 0.5) is 5.13 Å². The molecule has 0 aliphatic carbocycles. The zero-order valence-corrected chi connectivity index (χ0v) is 10.8. The molecule has 0 aliphatic heterocycles. The highest BCUT2D eigenvalue weighted by molar-refractivity contribution is 7.13. The first kappa shape index (κ1) is 11.9. The van der Waals surface area contributed by atoms with Crippen LogP contribution in [-0.2, 0) is 6.42 Å². The molecule has 4 heteroatoms. The third-order valence-corrected chi connectivity index (χ3v) is 3.31. The second-order valence-corrected chi connectivity index (χ2v) is 4.72. The Kier molecular flexibility index (Phi) is 3.64. The molecule has 2 aromatic rings. The highest BCUT2D eigenvalue weighted by Gasteiger charge is 2.12. The van der Waals surface area contributed by atoms with E-state index in [0.717, 1.165) is 17.9 Å². The monoisotopic (exact) mass is 248 g/mol. The van der Waals surface area contributed by atoms with Crippen LogP contribution in [0.3, 0.4) is 0 Å². The topological polar surface area (TPSA) is 48.1 Å². The third kappa shape index (κ3) is 2.77. The second-order valence-electron chi connectivity index (χ2n) is 3.83. The molecule has 0 saturated carbocycles. The van der Waals surface area contributed by atoms with Gasteiger partial charge in [-0.1, -0.05) is 25.1 Å². The van der Waals surface area contributed by atoms with Crippen LogP contribution in [0.5, 0.6) is 5.75 Å². The Morgan fingerprint density at radius 3 is 2.82 bits per heavy atom. The Morgan fingerprint density at radius 2 is 2.18 bits per heavy atom. The van der Waals surface area contributed by atoms with E-state index in [-0.39, 0.29) is 6.10 Å². The van der Waals surface area contributed by atoms with Crippen LogP contribution in [0, 0.1) is 0 Å². The summed E-state index contributed by atoms with van der Waals surface area (Å²) < 4.78 is 5.92. The highest BCUT2D eigenvalue weighted by Crippen LogP contribution is 2.26. The zero-order chi connectivity index (χ0) is 12.3. The minimum absolute atomic E-state index is 0.0729. The Labute approximate surface area is 105 Å². The number of hydrogen-bond acceptors (Lipinski definition) is 4. The van der Waals surface area contributed by atoms with Gasteiger partial charge in [0.2, 0.25) is 0 Å². The fourth-order valence-corrected chi connectivity index (χ4v) is 2.29. The molecular formula is C13H16N2OS. The molecule has 17 heavy (non-hydrogen) atoms. The van der Waals surface area contributed by atoms with E-state index in [0.29, 0.717) is 5.13 Å². The molecule has 0 spiro atoms. The van der Waals surface area contributed by atoms with Gasteiger partial charge in [-0.2, -0.15) is 0 Å². The van der Waals surface area contributed by atoms with Gasteiger partial charge in [0.05, 0.1) is 5.69 Å². The van der Waals surface area contributed by atoms with Crippen LogP contribution in [0.1, 0.15) is 31.2 Å². The number of thiazole rings is 1. The predicted molar refractivity (Wildman–Crippen MR) is 71.4 cm³/mol. The molecule has 2 rings (SSSR count). The van der Waals surface area contributed by atoms with Crippen LogP contribution < -0.4 is 10.5 Å². The molecule has 1 heterocycles.